The predicted molar refractivity (Wildman–Crippen MR) is 127 cm³/mol. The van der Waals surface area contributed by atoms with E-state index in [9.17, 15) is 4.79 Å². The third kappa shape index (κ3) is 4.33. The first-order valence-corrected chi connectivity index (χ1v) is 11.5. The van der Waals surface area contributed by atoms with E-state index in [0.717, 1.165) is 25.7 Å². The van der Waals surface area contributed by atoms with Crippen LogP contribution in [0, 0.1) is 5.41 Å². The monoisotopic (exact) mass is 444 g/mol. The van der Waals surface area contributed by atoms with E-state index in [0.29, 0.717) is 49.6 Å². The minimum atomic E-state index is -0.376. The second kappa shape index (κ2) is 9.05. The summed E-state index contributed by atoms with van der Waals surface area (Å²) in [6.07, 6.45) is 7.61. The molecule has 0 atom stereocenters. The molecule has 0 unspecified atom stereocenters. The molecule has 3 heterocycles. The summed E-state index contributed by atoms with van der Waals surface area (Å²) in [7, 11) is 0. The summed E-state index contributed by atoms with van der Waals surface area (Å²) in [5.41, 5.74) is 1.22. The maximum absolute atomic E-state index is 12.7. The Morgan fingerprint density at radius 3 is 2.45 bits per heavy atom. The van der Waals surface area contributed by atoms with Gasteiger partial charge in [-0.2, -0.15) is 0 Å². The lowest BCUT2D eigenvalue weighted by Gasteiger charge is -2.35. The molecule has 0 spiro atoms. The van der Waals surface area contributed by atoms with Gasteiger partial charge in [-0.3, -0.25) is 5.41 Å². The summed E-state index contributed by atoms with van der Waals surface area (Å²) in [5, 5.41) is 11.3. The number of anilines is 1. The van der Waals surface area contributed by atoms with Crippen molar-refractivity contribution in [3.8, 4) is 0 Å². The van der Waals surface area contributed by atoms with Gasteiger partial charge in [0.05, 0.1) is 5.41 Å². The standard InChI is InChI=1S/C25H28N6O2/c26-24(29-21-10-4-7-13-27-21)31-16-14-30(15-17-31)18-20-22(32)33-23(28-20)25(11-5-6-12-25)19-8-2-1-3-9-19/h1-4,7-10,13,18H,5-6,11-12,14-17H2,(H2,26,27,29). The molecule has 33 heavy (non-hydrogen) atoms. The molecular formula is C25H28N6O2. The number of aliphatic imine (C=N–C) groups is 1. The Morgan fingerprint density at radius 2 is 1.76 bits per heavy atom. The van der Waals surface area contributed by atoms with E-state index in [2.05, 4.69) is 27.3 Å². The van der Waals surface area contributed by atoms with Crippen molar-refractivity contribution in [1.82, 2.24) is 14.8 Å². The maximum Gasteiger partial charge on any atom is 0.365 e. The van der Waals surface area contributed by atoms with Gasteiger partial charge in [-0.25, -0.2) is 14.8 Å². The zero-order valence-corrected chi connectivity index (χ0v) is 18.5. The lowest BCUT2D eigenvalue weighted by Crippen LogP contribution is -2.48. The van der Waals surface area contributed by atoms with Crippen molar-refractivity contribution >= 4 is 23.6 Å². The van der Waals surface area contributed by atoms with Gasteiger partial charge in [0.1, 0.15) is 5.82 Å². The maximum atomic E-state index is 12.7. The van der Waals surface area contributed by atoms with Gasteiger partial charge in [-0.15, -0.1) is 0 Å². The average molecular weight is 445 g/mol. The molecule has 2 aliphatic heterocycles. The predicted octanol–water partition coefficient (Wildman–Crippen LogP) is 3.35. The first-order chi connectivity index (χ1) is 16.1. The highest BCUT2D eigenvalue weighted by Gasteiger charge is 2.46. The van der Waals surface area contributed by atoms with Crippen LogP contribution in [0.1, 0.15) is 31.2 Å². The number of guanidine groups is 1. The molecule has 0 bridgehead atoms. The van der Waals surface area contributed by atoms with Crippen molar-refractivity contribution in [3.05, 3.63) is 72.2 Å². The Morgan fingerprint density at radius 1 is 1.03 bits per heavy atom. The molecule has 0 amide bonds. The lowest BCUT2D eigenvalue weighted by molar-refractivity contribution is -0.130. The second-order valence-electron chi connectivity index (χ2n) is 8.69. The lowest BCUT2D eigenvalue weighted by atomic mass is 9.78. The zero-order valence-electron chi connectivity index (χ0n) is 18.5. The number of aromatic nitrogens is 1. The van der Waals surface area contributed by atoms with Crippen molar-refractivity contribution < 1.29 is 9.53 Å². The van der Waals surface area contributed by atoms with Crippen LogP contribution in [0.15, 0.2) is 71.6 Å². The van der Waals surface area contributed by atoms with Gasteiger partial charge in [0.15, 0.2) is 11.7 Å². The minimum absolute atomic E-state index is 0.308. The Labute approximate surface area is 193 Å². The van der Waals surface area contributed by atoms with Gasteiger partial charge in [-0.05, 0) is 30.5 Å². The van der Waals surface area contributed by atoms with Gasteiger partial charge >= 0.3 is 5.97 Å². The third-order valence-corrected chi connectivity index (χ3v) is 6.66. The first kappa shape index (κ1) is 21.2. The summed E-state index contributed by atoms with van der Waals surface area (Å²) in [4.78, 5) is 25.6. The molecule has 5 rings (SSSR count). The van der Waals surface area contributed by atoms with Gasteiger partial charge < -0.3 is 19.9 Å². The van der Waals surface area contributed by atoms with Crippen molar-refractivity contribution in [2.24, 2.45) is 4.99 Å². The topological polar surface area (TPSA) is 93.9 Å². The molecule has 1 aromatic carbocycles. The average Bonchev–Trinajstić information content (AvgIpc) is 3.49. The second-order valence-corrected chi connectivity index (χ2v) is 8.69. The molecule has 0 radical (unpaired) electrons. The number of esters is 1. The summed E-state index contributed by atoms with van der Waals surface area (Å²) in [5.74, 6) is 1.15. The Bertz CT molecular complexity index is 1070. The highest BCUT2D eigenvalue weighted by Crippen LogP contribution is 2.44. The van der Waals surface area contributed by atoms with Gasteiger partial charge in [0, 0.05) is 38.6 Å². The molecule has 8 nitrogen and oxygen atoms in total. The van der Waals surface area contributed by atoms with E-state index in [1.54, 1.807) is 6.20 Å². The van der Waals surface area contributed by atoms with Crippen molar-refractivity contribution in [3.63, 3.8) is 0 Å². The van der Waals surface area contributed by atoms with E-state index in [1.165, 1.54) is 5.56 Å². The smallest absolute Gasteiger partial charge is 0.365 e. The quantitative estimate of drug-likeness (QED) is 0.325. The zero-order chi connectivity index (χ0) is 22.7. The molecule has 1 aliphatic carbocycles. The van der Waals surface area contributed by atoms with Gasteiger partial charge in [-0.1, -0.05) is 49.2 Å². The Balaban J connectivity index is 1.26. The molecule has 1 saturated carbocycles. The van der Waals surface area contributed by atoms with E-state index in [1.807, 2.05) is 47.5 Å². The number of nitrogens with one attached hydrogen (secondary N) is 2. The fraction of sp³-hybridized carbons (Fsp3) is 0.360. The Hall–Kier alpha value is -3.68. The number of pyridine rings is 1. The summed E-state index contributed by atoms with van der Waals surface area (Å²) < 4.78 is 5.74. The van der Waals surface area contributed by atoms with Crippen LogP contribution in [0.5, 0.6) is 0 Å². The molecule has 3 aliphatic rings. The van der Waals surface area contributed by atoms with Crippen LogP contribution in [0.3, 0.4) is 0 Å². The van der Waals surface area contributed by atoms with Crippen LogP contribution in [0.25, 0.3) is 0 Å². The van der Waals surface area contributed by atoms with Crippen molar-refractivity contribution in [2.45, 2.75) is 31.1 Å². The van der Waals surface area contributed by atoms with E-state index < -0.39 is 0 Å². The number of carbonyl (C=O) groups is 1. The number of piperazine rings is 1. The number of hydrogen-bond donors (Lipinski definition) is 2. The number of cyclic esters (lactones) is 1. The number of ether oxygens (including phenoxy) is 1. The largest absolute Gasteiger partial charge is 0.406 e. The van der Waals surface area contributed by atoms with Gasteiger partial charge in [0.2, 0.25) is 5.90 Å². The van der Waals surface area contributed by atoms with Crippen molar-refractivity contribution in [1.29, 1.82) is 5.41 Å². The Kier molecular flexibility index (Phi) is 5.81. The molecule has 1 saturated heterocycles. The van der Waals surface area contributed by atoms with Gasteiger partial charge in [0.25, 0.3) is 0 Å². The molecule has 170 valence electrons. The number of carbonyl (C=O) groups excluding carboxylic acids is 1. The number of nitrogens with zero attached hydrogens (tertiary/aromatic N) is 4. The summed E-state index contributed by atoms with van der Waals surface area (Å²) in [6.45, 7) is 2.72. The highest BCUT2D eigenvalue weighted by molar-refractivity contribution is 6.08. The molecule has 1 aromatic heterocycles. The van der Waals surface area contributed by atoms with E-state index in [-0.39, 0.29) is 11.4 Å². The number of rotatable bonds is 4. The number of benzene rings is 1. The molecular weight excluding hydrogens is 416 g/mol. The van der Waals surface area contributed by atoms with Crippen molar-refractivity contribution in [2.75, 3.05) is 31.5 Å². The third-order valence-electron chi connectivity index (χ3n) is 6.66. The molecule has 2 aromatic rings. The van der Waals surface area contributed by atoms with Crippen LogP contribution < -0.4 is 5.32 Å². The van der Waals surface area contributed by atoms with E-state index >= 15 is 0 Å². The minimum Gasteiger partial charge on any atom is -0.406 e. The van der Waals surface area contributed by atoms with Crippen LogP contribution in [-0.2, 0) is 14.9 Å². The summed E-state index contributed by atoms with van der Waals surface area (Å²) >= 11 is 0. The van der Waals surface area contributed by atoms with E-state index in [4.69, 9.17) is 15.1 Å². The first-order valence-electron chi connectivity index (χ1n) is 11.5. The normalized spacial score (nSPS) is 21.2. The highest BCUT2D eigenvalue weighted by atomic mass is 16.6. The fourth-order valence-corrected chi connectivity index (χ4v) is 4.85. The van der Waals surface area contributed by atoms with Crippen LogP contribution >= 0.6 is 0 Å². The van der Waals surface area contributed by atoms with Crippen LogP contribution in [0.2, 0.25) is 0 Å². The molecule has 2 fully saturated rings. The summed E-state index contributed by atoms with van der Waals surface area (Å²) in [6, 6.07) is 15.8. The fourth-order valence-electron chi connectivity index (χ4n) is 4.85. The van der Waals surface area contributed by atoms with Crippen LogP contribution in [0.4, 0.5) is 5.82 Å². The SMILES string of the molecule is N=C(Nc1ccccn1)N1CCN(C=C2N=C(C3(c4ccccc4)CCCC3)OC2=O)CC1. The molecule has 2 N–H and O–H groups in total. The number of hydrogen-bond acceptors (Lipinski definition) is 6. The van der Waals surface area contributed by atoms with Crippen LogP contribution in [-0.4, -0.2) is 58.8 Å². The molecule has 8 heteroatoms.